The maximum atomic E-state index is 11.8. The first-order chi connectivity index (χ1) is 10.1. The summed E-state index contributed by atoms with van der Waals surface area (Å²) in [5.41, 5.74) is 1.30. The number of nitrogens with zero attached hydrogens (tertiary/aromatic N) is 1. The zero-order valence-electron chi connectivity index (χ0n) is 12.0. The van der Waals surface area contributed by atoms with Crippen molar-refractivity contribution >= 4 is 11.9 Å². The summed E-state index contributed by atoms with van der Waals surface area (Å²) >= 11 is 0. The first kappa shape index (κ1) is 15.5. The molecule has 1 aliphatic heterocycles. The lowest BCUT2D eigenvalue weighted by Gasteiger charge is -2.26. The number of hydrogen-bond acceptors (Lipinski definition) is 4. The van der Waals surface area contributed by atoms with E-state index in [1.54, 1.807) is 24.3 Å². The molecule has 0 aliphatic carbocycles. The topological polar surface area (TPSA) is 81.7 Å². The molecule has 0 radical (unpaired) electrons. The van der Waals surface area contributed by atoms with E-state index in [0.29, 0.717) is 19.5 Å². The molecule has 114 valence electrons. The van der Waals surface area contributed by atoms with Gasteiger partial charge in [-0.25, -0.2) is 4.79 Å². The normalized spacial score (nSPS) is 15.6. The highest BCUT2D eigenvalue weighted by molar-refractivity contribution is 5.87. The van der Waals surface area contributed by atoms with E-state index in [-0.39, 0.29) is 11.5 Å². The van der Waals surface area contributed by atoms with Crippen molar-refractivity contribution in [1.82, 2.24) is 15.5 Å². The zero-order valence-corrected chi connectivity index (χ0v) is 12.0. The third kappa shape index (κ3) is 5.17. The lowest BCUT2D eigenvalue weighted by molar-refractivity contribution is -0.122. The van der Waals surface area contributed by atoms with E-state index in [2.05, 4.69) is 15.5 Å². The average molecular weight is 291 g/mol. The van der Waals surface area contributed by atoms with Crippen molar-refractivity contribution in [2.75, 3.05) is 39.3 Å². The lowest BCUT2D eigenvalue weighted by Crippen LogP contribution is -2.47. The molecule has 1 aromatic carbocycles. The van der Waals surface area contributed by atoms with Gasteiger partial charge in [-0.2, -0.15) is 0 Å². The SMILES string of the molecule is O=C(CN1CCNCC1)NCCc1ccc(C(=O)O)cc1. The van der Waals surface area contributed by atoms with Gasteiger partial charge in [-0.15, -0.1) is 0 Å². The van der Waals surface area contributed by atoms with E-state index in [0.717, 1.165) is 31.7 Å². The van der Waals surface area contributed by atoms with Crippen LogP contribution in [0.5, 0.6) is 0 Å². The summed E-state index contributed by atoms with van der Waals surface area (Å²) in [6, 6.07) is 6.73. The number of carboxylic acids is 1. The number of benzene rings is 1. The van der Waals surface area contributed by atoms with Crippen molar-refractivity contribution in [3.63, 3.8) is 0 Å². The van der Waals surface area contributed by atoms with Crippen molar-refractivity contribution in [3.8, 4) is 0 Å². The van der Waals surface area contributed by atoms with Crippen LogP contribution in [0.3, 0.4) is 0 Å². The van der Waals surface area contributed by atoms with Gasteiger partial charge in [0.25, 0.3) is 0 Å². The van der Waals surface area contributed by atoms with Crippen molar-refractivity contribution in [3.05, 3.63) is 35.4 Å². The van der Waals surface area contributed by atoms with Gasteiger partial charge in [0.15, 0.2) is 0 Å². The molecular weight excluding hydrogens is 270 g/mol. The van der Waals surface area contributed by atoms with Crippen LogP contribution in [0.1, 0.15) is 15.9 Å². The van der Waals surface area contributed by atoms with Crippen LogP contribution in [0.15, 0.2) is 24.3 Å². The molecule has 3 N–H and O–H groups in total. The molecular formula is C15H21N3O3. The molecule has 1 heterocycles. The second-order valence-electron chi connectivity index (χ2n) is 5.13. The maximum Gasteiger partial charge on any atom is 0.335 e. The predicted molar refractivity (Wildman–Crippen MR) is 79.4 cm³/mol. The summed E-state index contributed by atoms with van der Waals surface area (Å²) in [5.74, 6) is -0.884. The summed E-state index contributed by atoms with van der Waals surface area (Å²) in [6.07, 6.45) is 0.702. The molecule has 1 fully saturated rings. The Bertz CT molecular complexity index is 481. The molecule has 21 heavy (non-hydrogen) atoms. The number of aromatic carboxylic acids is 1. The fourth-order valence-electron chi connectivity index (χ4n) is 2.29. The summed E-state index contributed by atoms with van der Waals surface area (Å²) in [6.45, 7) is 4.69. The number of hydrogen-bond donors (Lipinski definition) is 3. The van der Waals surface area contributed by atoms with Gasteiger partial charge in [-0.1, -0.05) is 12.1 Å². The van der Waals surface area contributed by atoms with Crippen molar-refractivity contribution in [2.45, 2.75) is 6.42 Å². The van der Waals surface area contributed by atoms with Crippen LogP contribution in [-0.4, -0.2) is 61.2 Å². The number of rotatable bonds is 6. The Morgan fingerprint density at radius 3 is 2.48 bits per heavy atom. The average Bonchev–Trinajstić information content (AvgIpc) is 2.49. The molecule has 1 aromatic rings. The minimum atomic E-state index is -0.925. The second-order valence-corrected chi connectivity index (χ2v) is 5.13. The van der Waals surface area contributed by atoms with Crippen molar-refractivity contribution in [2.24, 2.45) is 0 Å². The van der Waals surface area contributed by atoms with Gasteiger partial charge in [0.1, 0.15) is 0 Å². The number of amides is 1. The van der Waals surface area contributed by atoms with E-state index in [9.17, 15) is 9.59 Å². The van der Waals surface area contributed by atoms with E-state index in [1.807, 2.05) is 0 Å². The van der Waals surface area contributed by atoms with E-state index < -0.39 is 5.97 Å². The largest absolute Gasteiger partial charge is 0.478 e. The molecule has 0 aromatic heterocycles. The van der Waals surface area contributed by atoms with Crippen molar-refractivity contribution in [1.29, 1.82) is 0 Å². The van der Waals surface area contributed by atoms with Gasteiger partial charge in [0.2, 0.25) is 5.91 Å². The van der Waals surface area contributed by atoms with Crippen LogP contribution in [0.4, 0.5) is 0 Å². The van der Waals surface area contributed by atoms with E-state index in [4.69, 9.17) is 5.11 Å². The Morgan fingerprint density at radius 1 is 1.19 bits per heavy atom. The van der Waals surface area contributed by atoms with Gasteiger partial charge in [0, 0.05) is 32.7 Å². The van der Waals surface area contributed by atoms with E-state index >= 15 is 0 Å². The Balaban J connectivity index is 1.68. The minimum absolute atomic E-state index is 0.0408. The smallest absolute Gasteiger partial charge is 0.335 e. The fraction of sp³-hybridized carbons (Fsp3) is 0.467. The van der Waals surface area contributed by atoms with Crippen molar-refractivity contribution < 1.29 is 14.7 Å². The maximum absolute atomic E-state index is 11.8. The first-order valence-corrected chi connectivity index (χ1v) is 7.17. The van der Waals surface area contributed by atoms with Gasteiger partial charge in [0.05, 0.1) is 12.1 Å². The summed E-state index contributed by atoms with van der Waals surface area (Å²) in [7, 11) is 0. The van der Waals surface area contributed by atoms with Crippen LogP contribution >= 0.6 is 0 Å². The first-order valence-electron chi connectivity index (χ1n) is 7.17. The molecule has 6 nitrogen and oxygen atoms in total. The number of carbonyl (C=O) groups is 2. The van der Waals surface area contributed by atoms with Gasteiger partial charge in [-0.3, -0.25) is 9.69 Å². The van der Waals surface area contributed by atoms with Crippen LogP contribution in [0, 0.1) is 0 Å². The van der Waals surface area contributed by atoms with Crippen LogP contribution in [0.25, 0.3) is 0 Å². The van der Waals surface area contributed by atoms with Crippen LogP contribution in [0.2, 0.25) is 0 Å². The van der Waals surface area contributed by atoms with Gasteiger partial charge >= 0.3 is 5.97 Å². The molecule has 6 heteroatoms. The Kier molecular flexibility index (Phi) is 5.71. The molecule has 1 aliphatic rings. The molecule has 0 unspecified atom stereocenters. The van der Waals surface area contributed by atoms with Crippen LogP contribution < -0.4 is 10.6 Å². The molecule has 0 bridgehead atoms. The highest BCUT2D eigenvalue weighted by atomic mass is 16.4. The number of nitrogens with one attached hydrogen (secondary N) is 2. The third-order valence-corrected chi connectivity index (χ3v) is 3.51. The Hall–Kier alpha value is -1.92. The number of piperazine rings is 1. The third-order valence-electron chi connectivity index (χ3n) is 3.51. The summed E-state index contributed by atoms with van der Waals surface area (Å²) in [4.78, 5) is 24.7. The highest BCUT2D eigenvalue weighted by Gasteiger charge is 2.12. The summed E-state index contributed by atoms with van der Waals surface area (Å²) in [5, 5.41) is 15.0. The Morgan fingerprint density at radius 2 is 1.86 bits per heavy atom. The zero-order chi connectivity index (χ0) is 15.1. The lowest BCUT2D eigenvalue weighted by atomic mass is 10.1. The number of carbonyl (C=O) groups excluding carboxylic acids is 1. The van der Waals surface area contributed by atoms with Crippen LogP contribution in [-0.2, 0) is 11.2 Å². The minimum Gasteiger partial charge on any atom is -0.478 e. The monoisotopic (exact) mass is 291 g/mol. The molecule has 0 atom stereocenters. The quantitative estimate of drug-likeness (QED) is 0.684. The number of carboxylic acid groups (broad SMARTS) is 1. The molecule has 2 rings (SSSR count). The molecule has 1 amide bonds. The highest BCUT2D eigenvalue weighted by Crippen LogP contribution is 2.04. The predicted octanol–water partition coefficient (Wildman–Crippen LogP) is -0.0513. The Labute approximate surface area is 124 Å². The molecule has 1 saturated heterocycles. The fourth-order valence-corrected chi connectivity index (χ4v) is 2.29. The summed E-state index contributed by atoms with van der Waals surface area (Å²) < 4.78 is 0. The second kappa shape index (κ2) is 7.75. The molecule has 0 saturated carbocycles. The van der Waals surface area contributed by atoms with E-state index in [1.165, 1.54) is 0 Å². The van der Waals surface area contributed by atoms with Gasteiger partial charge in [-0.05, 0) is 24.1 Å². The van der Waals surface area contributed by atoms with Gasteiger partial charge < -0.3 is 15.7 Å². The standard InChI is InChI=1S/C15H21N3O3/c19-14(11-18-9-7-16-8-10-18)17-6-5-12-1-3-13(4-2-12)15(20)21/h1-4,16H,5-11H2,(H,17,19)(H,20,21). The molecule has 0 spiro atoms.